The van der Waals surface area contributed by atoms with E-state index in [2.05, 4.69) is 31.2 Å². The van der Waals surface area contributed by atoms with Gasteiger partial charge in [0.25, 0.3) is 5.92 Å². The third-order valence-electron chi connectivity index (χ3n) is 3.44. The molecule has 0 amide bonds. The van der Waals surface area contributed by atoms with E-state index >= 15 is 0 Å². The van der Waals surface area contributed by atoms with Gasteiger partial charge in [-0.15, -0.1) is 0 Å². The third-order valence-corrected chi connectivity index (χ3v) is 3.44. The molecule has 1 saturated heterocycles. The third kappa shape index (κ3) is 3.77. The smallest absolute Gasteiger partial charge is 0.260 e. The number of benzene rings is 1. The molecule has 0 aromatic heterocycles. The Bertz CT molecular complexity index is 373. The monoisotopic (exact) mass is 253 g/mol. The normalized spacial score (nSPS) is 19.9. The Balaban J connectivity index is 1.92. The first-order valence-corrected chi connectivity index (χ1v) is 6.77. The summed E-state index contributed by atoms with van der Waals surface area (Å²) in [6.45, 7) is 3.49. The SMILES string of the molecule is CCCc1ccc(CN2CCCC(F)(F)C2)cc1. The van der Waals surface area contributed by atoms with Gasteiger partial charge in [-0.1, -0.05) is 37.6 Å². The topological polar surface area (TPSA) is 3.24 Å². The highest BCUT2D eigenvalue weighted by Gasteiger charge is 2.34. The first-order valence-electron chi connectivity index (χ1n) is 6.77. The van der Waals surface area contributed by atoms with Crippen LogP contribution in [0.5, 0.6) is 0 Å². The number of rotatable bonds is 4. The van der Waals surface area contributed by atoms with E-state index in [4.69, 9.17) is 0 Å². The molecule has 3 heteroatoms. The van der Waals surface area contributed by atoms with Gasteiger partial charge in [-0.3, -0.25) is 4.90 Å². The summed E-state index contributed by atoms with van der Waals surface area (Å²) >= 11 is 0. The molecular formula is C15H21F2N. The molecule has 0 saturated carbocycles. The zero-order valence-corrected chi connectivity index (χ0v) is 11.0. The highest BCUT2D eigenvalue weighted by molar-refractivity contribution is 5.22. The van der Waals surface area contributed by atoms with Crippen LogP contribution < -0.4 is 0 Å². The lowest BCUT2D eigenvalue weighted by atomic mass is 10.0. The summed E-state index contributed by atoms with van der Waals surface area (Å²) in [4.78, 5) is 1.86. The predicted molar refractivity (Wildman–Crippen MR) is 69.9 cm³/mol. The van der Waals surface area contributed by atoms with E-state index in [-0.39, 0.29) is 13.0 Å². The van der Waals surface area contributed by atoms with Crippen molar-refractivity contribution in [3.05, 3.63) is 35.4 Å². The molecule has 2 rings (SSSR count). The van der Waals surface area contributed by atoms with Gasteiger partial charge in [0.15, 0.2) is 0 Å². The van der Waals surface area contributed by atoms with Gasteiger partial charge >= 0.3 is 0 Å². The van der Waals surface area contributed by atoms with Gasteiger partial charge in [-0.25, -0.2) is 8.78 Å². The van der Waals surface area contributed by atoms with Gasteiger partial charge in [-0.05, 0) is 30.5 Å². The van der Waals surface area contributed by atoms with Crippen molar-refractivity contribution in [1.82, 2.24) is 4.90 Å². The van der Waals surface area contributed by atoms with Crippen LogP contribution in [0.3, 0.4) is 0 Å². The minimum Gasteiger partial charge on any atom is -0.293 e. The molecule has 1 aliphatic rings. The van der Waals surface area contributed by atoms with E-state index in [0.29, 0.717) is 13.0 Å². The van der Waals surface area contributed by atoms with E-state index in [1.807, 2.05) is 4.90 Å². The van der Waals surface area contributed by atoms with Crippen LogP contribution >= 0.6 is 0 Å². The van der Waals surface area contributed by atoms with Crippen LogP contribution in [0.2, 0.25) is 0 Å². The van der Waals surface area contributed by atoms with Gasteiger partial charge in [0, 0.05) is 13.0 Å². The summed E-state index contributed by atoms with van der Waals surface area (Å²) in [5, 5.41) is 0. The molecule has 0 spiro atoms. The van der Waals surface area contributed by atoms with Crippen LogP contribution in [0, 0.1) is 0 Å². The Kier molecular flexibility index (Phi) is 4.33. The standard InChI is InChI=1S/C15H21F2N/c1-2-4-13-5-7-14(8-6-13)11-18-10-3-9-15(16,17)12-18/h5-8H,2-4,9-12H2,1H3. The molecule has 1 fully saturated rings. The van der Waals surface area contributed by atoms with Crippen LogP contribution in [0.25, 0.3) is 0 Å². The highest BCUT2D eigenvalue weighted by atomic mass is 19.3. The number of aryl methyl sites for hydroxylation is 1. The highest BCUT2D eigenvalue weighted by Crippen LogP contribution is 2.27. The van der Waals surface area contributed by atoms with Crippen LogP contribution in [0.4, 0.5) is 8.78 Å². The van der Waals surface area contributed by atoms with E-state index in [0.717, 1.165) is 24.9 Å². The van der Waals surface area contributed by atoms with Gasteiger partial charge < -0.3 is 0 Å². The van der Waals surface area contributed by atoms with Gasteiger partial charge in [0.2, 0.25) is 0 Å². The molecule has 100 valence electrons. The maximum Gasteiger partial charge on any atom is 0.260 e. The second kappa shape index (κ2) is 5.79. The van der Waals surface area contributed by atoms with Crippen molar-refractivity contribution in [2.24, 2.45) is 0 Å². The molecule has 1 aliphatic heterocycles. The number of hydrogen-bond donors (Lipinski definition) is 0. The van der Waals surface area contributed by atoms with Crippen molar-refractivity contribution in [1.29, 1.82) is 0 Å². The molecule has 0 aliphatic carbocycles. The summed E-state index contributed by atoms with van der Waals surface area (Å²) in [5.41, 5.74) is 2.46. The first kappa shape index (κ1) is 13.5. The Morgan fingerprint density at radius 2 is 1.83 bits per heavy atom. The number of nitrogens with zero attached hydrogens (tertiary/aromatic N) is 1. The van der Waals surface area contributed by atoms with E-state index in [1.54, 1.807) is 0 Å². The van der Waals surface area contributed by atoms with Crippen molar-refractivity contribution in [2.75, 3.05) is 13.1 Å². The molecule has 18 heavy (non-hydrogen) atoms. The van der Waals surface area contributed by atoms with Gasteiger partial charge in [-0.2, -0.15) is 0 Å². The van der Waals surface area contributed by atoms with Crippen molar-refractivity contribution < 1.29 is 8.78 Å². The summed E-state index contributed by atoms with van der Waals surface area (Å²) in [6, 6.07) is 8.36. The lowest BCUT2D eigenvalue weighted by molar-refractivity contribution is -0.0661. The van der Waals surface area contributed by atoms with Gasteiger partial charge in [0.1, 0.15) is 0 Å². The fourth-order valence-electron chi connectivity index (χ4n) is 2.54. The molecule has 1 heterocycles. The summed E-state index contributed by atoms with van der Waals surface area (Å²) in [6.07, 6.45) is 2.86. The van der Waals surface area contributed by atoms with E-state index in [9.17, 15) is 8.78 Å². The van der Waals surface area contributed by atoms with Crippen molar-refractivity contribution in [2.45, 2.75) is 45.1 Å². The van der Waals surface area contributed by atoms with Crippen molar-refractivity contribution in [3.8, 4) is 0 Å². The number of hydrogen-bond acceptors (Lipinski definition) is 1. The lowest BCUT2D eigenvalue weighted by Crippen LogP contribution is -2.41. The van der Waals surface area contributed by atoms with E-state index < -0.39 is 5.92 Å². The molecule has 1 nitrogen and oxygen atoms in total. The Morgan fingerprint density at radius 3 is 2.44 bits per heavy atom. The quantitative estimate of drug-likeness (QED) is 0.787. The average molecular weight is 253 g/mol. The molecule has 0 radical (unpaired) electrons. The molecule has 1 aromatic rings. The number of piperidine rings is 1. The Morgan fingerprint density at radius 1 is 1.17 bits per heavy atom. The minimum atomic E-state index is -2.50. The molecular weight excluding hydrogens is 232 g/mol. The Labute approximate surface area is 108 Å². The van der Waals surface area contributed by atoms with Crippen LogP contribution in [0.1, 0.15) is 37.3 Å². The number of likely N-dealkylation sites (tertiary alicyclic amines) is 1. The van der Waals surface area contributed by atoms with Crippen molar-refractivity contribution in [3.63, 3.8) is 0 Å². The summed E-state index contributed by atoms with van der Waals surface area (Å²) < 4.78 is 26.6. The zero-order chi connectivity index (χ0) is 13.0. The fraction of sp³-hybridized carbons (Fsp3) is 0.600. The fourth-order valence-corrected chi connectivity index (χ4v) is 2.54. The van der Waals surface area contributed by atoms with E-state index in [1.165, 1.54) is 5.56 Å². The number of alkyl halides is 2. The summed E-state index contributed by atoms with van der Waals surface area (Å²) in [7, 11) is 0. The maximum atomic E-state index is 13.3. The van der Waals surface area contributed by atoms with Gasteiger partial charge in [0.05, 0.1) is 6.54 Å². The van der Waals surface area contributed by atoms with Crippen LogP contribution in [-0.2, 0) is 13.0 Å². The molecule has 0 atom stereocenters. The van der Waals surface area contributed by atoms with Crippen molar-refractivity contribution >= 4 is 0 Å². The summed E-state index contributed by atoms with van der Waals surface area (Å²) in [5.74, 6) is -2.50. The minimum absolute atomic E-state index is 0.0406. The van der Waals surface area contributed by atoms with Crippen LogP contribution in [0.15, 0.2) is 24.3 Å². The molecule has 0 unspecified atom stereocenters. The maximum absolute atomic E-state index is 13.3. The van der Waals surface area contributed by atoms with Crippen LogP contribution in [-0.4, -0.2) is 23.9 Å². The molecule has 0 bridgehead atoms. The predicted octanol–water partition coefficient (Wildman–Crippen LogP) is 3.87. The Hall–Kier alpha value is -0.960. The largest absolute Gasteiger partial charge is 0.293 e. The first-order chi connectivity index (χ1) is 8.59. The second-order valence-corrected chi connectivity index (χ2v) is 5.24. The number of halogens is 2. The lowest BCUT2D eigenvalue weighted by Gasteiger charge is -2.32. The zero-order valence-electron chi connectivity index (χ0n) is 11.0. The molecule has 0 N–H and O–H groups in total. The second-order valence-electron chi connectivity index (χ2n) is 5.24. The molecule has 1 aromatic carbocycles. The average Bonchev–Trinajstić information content (AvgIpc) is 2.31.